The standard InChI is InChI=1S/C29H28ClN5OS/c1-20-31-29-35(32-20)28(36)27(37-29)26(23-12-14-24(30)15-13-23)34-18-16-33(17-19-34)25(21-8-4-2-5-9-21)22-10-6-3-7-11-22/h2-15,25-26,36H,16-19H2,1H3. The molecule has 188 valence electrons. The molecule has 6 nitrogen and oxygen atoms in total. The van der Waals surface area contributed by atoms with E-state index in [9.17, 15) is 5.11 Å². The minimum absolute atomic E-state index is 0.111. The number of hydrogen-bond acceptors (Lipinski definition) is 6. The topological polar surface area (TPSA) is 56.9 Å². The number of fused-ring (bicyclic) bond motifs is 1. The van der Waals surface area contributed by atoms with Gasteiger partial charge in [-0.25, -0.2) is 4.98 Å². The summed E-state index contributed by atoms with van der Waals surface area (Å²) >= 11 is 7.72. The SMILES string of the molecule is Cc1nc2sc(C(c3ccc(Cl)cc3)N3CCN(C(c4ccccc4)c4ccccc4)CC3)c(O)n2n1. The lowest BCUT2D eigenvalue weighted by molar-refractivity contribution is 0.0899. The average molecular weight is 530 g/mol. The molecular formula is C29H28ClN5OS. The van der Waals surface area contributed by atoms with E-state index in [1.165, 1.54) is 22.5 Å². The van der Waals surface area contributed by atoms with Crippen molar-refractivity contribution in [2.75, 3.05) is 26.2 Å². The molecule has 37 heavy (non-hydrogen) atoms. The Kier molecular flexibility index (Phi) is 6.69. The second kappa shape index (κ2) is 10.3. The fraction of sp³-hybridized carbons (Fsp3) is 0.241. The van der Waals surface area contributed by atoms with Crippen molar-refractivity contribution in [3.63, 3.8) is 0 Å². The van der Waals surface area contributed by atoms with Crippen molar-refractivity contribution in [1.29, 1.82) is 0 Å². The molecule has 0 radical (unpaired) electrons. The predicted molar refractivity (Wildman–Crippen MR) is 148 cm³/mol. The molecule has 0 saturated carbocycles. The van der Waals surface area contributed by atoms with Crippen LogP contribution in [0.3, 0.4) is 0 Å². The lowest BCUT2D eigenvalue weighted by atomic mass is 9.96. The number of rotatable bonds is 6. The quantitative estimate of drug-likeness (QED) is 0.294. The molecule has 1 saturated heterocycles. The van der Waals surface area contributed by atoms with Crippen molar-refractivity contribution < 1.29 is 5.11 Å². The number of piperazine rings is 1. The van der Waals surface area contributed by atoms with Gasteiger partial charge < -0.3 is 5.11 Å². The van der Waals surface area contributed by atoms with Gasteiger partial charge in [0.05, 0.1) is 17.0 Å². The Hall–Kier alpha value is -3.23. The fourth-order valence-corrected chi connectivity index (χ4v) is 6.63. The number of halogens is 1. The number of hydrogen-bond donors (Lipinski definition) is 1. The first kappa shape index (κ1) is 24.1. The van der Waals surface area contributed by atoms with E-state index in [1.807, 2.05) is 19.1 Å². The van der Waals surface area contributed by atoms with Crippen molar-refractivity contribution in [1.82, 2.24) is 24.4 Å². The molecule has 0 amide bonds. The highest BCUT2D eigenvalue weighted by Crippen LogP contribution is 2.41. The van der Waals surface area contributed by atoms with E-state index in [-0.39, 0.29) is 18.0 Å². The molecule has 1 fully saturated rings. The van der Waals surface area contributed by atoms with Gasteiger partial charge >= 0.3 is 0 Å². The number of aromatic nitrogens is 3. The van der Waals surface area contributed by atoms with Crippen LogP contribution in [-0.2, 0) is 0 Å². The van der Waals surface area contributed by atoms with Crippen molar-refractivity contribution >= 4 is 27.9 Å². The minimum Gasteiger partial charge on any atom is -0.492 e. The van der Waals surface area contributed by atoms with Gasteiger partial charge in [-0.2, -0.15) is 4.52 Å². The maximum Gasteiger partial charge on any atom is 0.230 e. The highest BCUT2D eigenvalue weighted by molar-refractivity contribution is 7.17. The maximum atomic E-state index is 11.2. The lowest BCUT2D eigenvalue weighted by Crippen LogP contribution is -2.49. The lowest BCUT2D eigenvalue weighted by Gasteiger charge is -2.42. The highest BCUT2D eigenvalue weighted by atomic mass is 35.5. The van der Waals surface area contributed by atoms with E-state index in [4.69, 9.17) is 11.6 Å². The monoisotopic (exact) mass is 529 g/mol. The number of benzene rings is 3. The van der Waals surface area contributed by atoms with Gasteiger partial charge in [-0.3, -0.25) is 9.80 Å². The Labute approximate surface area is 225 Å². The molecule has 0 aliphatic carbocycles. The van der Waals surface area contributed by atoms with Crippen LogP contribution in [0.5, 0.6) is 5.88 Å². The Morgan fingerprint density at radius 3 is 1.81 bits per heavy atom. The molecule has 5 aromatic rings. The molecule has 2 aromatic heterocycles. The maximum absolute atomic E-state index is 11.2. The van der Waals surface area contributed by atoms with Gasteiger partial charge in [0.2, 0.25) is 10.8 Å². The number of thiazole rings is 1. The molecule has 1 aliphatic rings. The molecule has 6 rings (SSSR count). The molecule has 1 N–H and O–H groups in total. The Balaban J connectivity index is 1.32. The van der Waals surface area contributed by atoms with Gasteiger partial charge in [0.1, 0.15) is 5.82 Å². The molecule has 1 unspecified atom stereocenters. The van der Waals surface area contributed by atoms with Gasteiger partial charge in [-0.05, 0) is 35.7 Å². The van der Waals surface area contributed by atoms with Crippen molar-refractivity contribution in [3.05, 3.63) is 117 Å². The van der Waals surface area contributed by atoms with E-state index in [0.29, 0.717) is 15.8 Å². The normalized spacial score (nSPS) is 16.0. The highest BCUT2D eigenvalue weighted by Gasteiger charge is 2.34. The minimum atomic E-state index is -0.111. The van der Waals surface area contributed by atoms with Gasteiger partial charge in [0.25, 0.3) is 0 Å². The molecule has 3 heterocycles. The summed E-state index contributed by atoms with van der Waals surface area (Å²) in [5.41, 5.74) is 3.70. The van der Waals surface area contributed by atoms with Crippen LogP contribution in [0.15, 0.2) is 84.9 Å². The molecule has 8 heteroatoms. The van der Waals surface area contributed by atoms with Crippen LogP contribution in [0.25, 0.3) is 4.96 Å². The summed E-state index contributed by atoms with van der Waals surface area (Å²) in [6.45, 7) is 5.36. The van der Waals surface area contributed by atoms with Gasteiger partial charge in [-0.15, -0.1) is 5.10 Å². The Bertz CT molecular complexity index is 1440. The van der Waals surface area contributed by atoms with E-state index in [2.05, 4.69) is 92.7 Å². The van der Waals surface area contributed by atoms with Gasteiger partial charge in [0, 0.05) is 31.2 Å². The van der Waals surface area contributed by atoms with Crippen LogP contribution in [0.2, 0.25) is 5.02 Å². The number of aromatic hydroxyl groups is 1. The average Bonchev–Trinajstić information content (AvgIpc) is 3.44. The second-order valence-corrected chi connectivity index (χ2v) is 10.8. The second-order valence-electron chi connectivity index (χ2n) is 9.39. The number of aryl methyl sites for hydroxylation is 1. The fourth-order valence-electron chi connectivity index (χ4n) is 5.34. The summed E-state index contributed by atoms with van der Waals surface area (Å²) in [4.78, 5) is 11.1. The van der Waals surface area contributed by atoms with E-state index >= 15 is 0 Å². The molecule has 0 bridgehead atoms. The zero-order chi connectivity index (χ0) is 25.4. The smallest absolute Gasteiger partial charge is 0.230 e. The van der Waals surface area contributed by atoms with E-state index in [1.54, 1.807) is 4.52 Å². The zero-order valence-electron chi connectivity index (χ0n) is 20.5. The van der Waals surface area contributed by atoms with Crippen LogP contribution >= 0.6 is 22.9 Å². The molecule has 1 aliphatic heterocycles. The summed E-state index contributed by atoms with van der Waals surface area (Å²) in [5, 5.41) is 16.3. The van der Waals surface area contributed by atoms with Crippen LogP contribution in [0, 0.1) is 6.92 Å². The van der Waals surface area contributed by atoms with Crippen molar-refractivity contribution in [3.8, 4) is 5.88 Å². The molecule has 3 aromatic carbocycles. The van der Waals surface area contributed by atoms with Crippen LogP contribution in [0.1, 0.15) is 39.5 Å². The third-order valence-corrected chi connectivity index (χ3v) is 8.37. The van der Waals surface area contributed by atoms with E-state index < -0.39 is 0 Å². The third-order valence-electron chi connectivity index (χ3n) is 7.05. The summed E-state index contributed by atoms with van der Waals surface area (Å²) in [5.74, 6) is 0.812. The largest absolute Gasteiger partial charge is 0.492 e. The number of nitrogens with zero attached hydrogens (tertiary/aromatic N) is 5. The summed E-state index contributed by atoms with van der Waals surface area (Å²) in [6.07, 6.45) is 0. The van der Waals surface area contributed by atoms with Crippen LogP contribution < -0.4 is 0 Å². The van der Waals surface area contributed by atoms with Crippen LogP contribution in [0.4, 0.5) is 0 Å². The summed E-state index contributed by atoms with van der Waals surface area (Å²) in [6, 6.07) is 29.5. The molecule has 1 atom stereocenters. The first-order chi connectivity index (χ1) is 18.1. The molecule has 0 spiro atoms. The predicted octanol–water partition coefficient (Wildman–Crippen LogP) is 5.95. The summed E-state index contributed by atoms with van der Waals surface area (Å²) in [7, 11) is 0. The van der Waals surface area contributed by atoms with Gasteiger partial charge in [-0.1, -0.05) is 95.7 Å². The first-order valence-corrected chi connectivity index (χ1v) is 13.7. The summed E-state index contributed by atoms with van der Waals surface area (Å²) < 4.78 is 1.55. The van der Waals surface area contributed by atoms with Crippen molar-refractivity contribution in [2.45, 2.75) is 19.0 Å². The molecular weight excluding hydrogens is 502 g/mol. The van der Waals surface area contributed by atoms with Crippen molar-refractivity contribution in [2.24, 2.45) is 0 Å². The first-order valence-electron chi connectivity index (χ1n) is 12.5. The van der Waals surface area contributed by atoms with E-state index in [0.717, 1.165) is 36.6 Å². The Morgan fingerprint density at radius 1 is 0.757 bits per heavy atom. The zero-order valence-corrected chi connectivity index (χ0v) is 22.1. The van der Waals surface area contributed by atoms with Gasteiger partial charge in [0.15, 0.2) is 0 Å². The van der Waals surface area contributed by atoms with Crippen LogP contribution in [-0.4, -0.2) is 55.7 Å². The Morgan fingerprint density at radius 2 is 1.27 bits per heavy atom. The third kappa shape index (κ3) is 4.76.